The maximum absolute atomic E-state index is 12.8. The normalized spacial score (nSPS) is 12.3. The van der Waals surface area contributed by atoms with Crippen LogP contribution in [0.2, 0.25) is 0 Å². The summed E-state index contributed by atoms with van der Waals surface area (Å²) >= 11 is 0. The molecule has 0 aromatic heterocycles. The van der Waals surface area contributed by atoms with Gasteiger partial charge in [0.25, 0.3) is 0 Å². The zero-order valence-corrected chi connectivity index (χ0v) is 51.7. The minimum absolute atomic E-state index is 0.0761. The van der Waals surface area contributed by atoms with Gasteiger partial charge in [-0.25, -0.2) is 0 Å². The molecule has 0 N–H and O–H groups in total. The van der Waals surface area contributed by atoms with Gasteiger partial charge in [0.2, 0.25) is 0 Å². The molecule has 0 amide bonds. The second-order valence-corrected chi connectivity index (χ2v) is 23.1. The highest BCUT2D eigenvalue weighted by Gasteiger charge is 2.19. The van der Waals surface area contributed by atoms with Crippen LogP contribution in [0, 0.1) is 0 Å². The summed E-state index contributed by atoms with van der Waals surface area (Å²) in [6.07, 6.45) is 83.6. The van der Waals surface area contributed by atoms with E-state index in [1.165, 1.54) is 225 Å². The Hall–Kier alpha value is -2.63. The van der Waals surface area contributed by atoms with Crippen LogP contribution in [0.3, 0.4) is 0 Å². The molecular formula is C71H130O6. The lowest BCUT2D eigenvalue weighted by molar-refractivity contribution is -0.167. The van der Waals surface area contributed by atoms with Gasteiger partial charge in [-0.15, -0.1) is 0 Å². The van der Waals surface area contributed by atoms with E-state index in [0.29, 0.717) is 19.3 Å². The van der Waals surface area contributed by atoms with Gasteiger partial charge >= 0.3 is 17.9 Å². The molecule has 450 valence electrons. The average molecular weight is 1080 g/mol. The van der Waals surface area contributed by atoms with Crippen molar-refractivity contribution in [1.82, 2.24) is 0 Å². The van der Waals surface area contributed by atoms with Crippen LogP contribution in [0.15, 0.2) is 48.6 Å². The fourth-order valence-electron chi connectivity index (χ4n) is 10.3. The van der Waals surface area contributed by atoms with E-state index >= 15 is 0 Å². The van der Waals surface area contributed by atoms with Crippen molar-refractivity contribution in [3.63, 3.8) is 0 Å². The molecule has 77 heavy (non-hydrogen) atoms. The zero-order chi connectivity index (χ0) is 55.7. The average Bonchev–Trinajstić information content (AvgIpc) is 3.43. The minimum Gasteiger partial charge on any atom is -0.462 e. The van der Waals surface area contributed by atoms with Gasteiger partial charge in [-0.1, -0.05) is 339 Å². The molecule has 0 aromatic rings. The lowest BCUT2D eigenvalue weighted by atomic mass is 10.0. The van der Waals surface area contributed by atoms with E-state index in [9.17, 15) is 14.4 Å². The monoisotopic (exact) mass is 1080 g/mol. The van der Waals surface area contributed by atoms with Gasteiger partial charge in [-0.2, -0.15) is 0 Å². The largest absolute Gasteiger partial charge is 0.462 e. The molecule has 1 unspecified atom stereocenters. The van der Waals surface area contributed by atoms with Crippen LogP contribution in [0.5, 0.6) is 0 Å². The first-order valence-corrected chi connectivity index (χ1v) is 34.1. The van der Waals surface area contributed by atoms with Crippen LogP contribution >= 0.6 is 0 Å². The first-order chi connectivity index (χ1) is 38.0. The number of hydrogen-bond acceptors (Lipinski definition) is 6. The molecule has 0 aliphatic rings. The van der Waals surface area contributed by atoms with Crippen molar-refractivity contribution >= 4 is 17.9 Å². The maximum Gasteiger partial charge on any atom is 0.306 e. The zero-order valence-electron chi connectivity index (χ0n) is 51.7. The second-order valence-electron chi connectivity index (χ2n) is 23.1. The Morgan fingerprint density at radius 1 is 0.273 bits per heavy atom. The summed E-state index contributed by atoms with van der Waals surface area (Å²) in [4.78, 5) is 37.9. The Morgan fingerprint density at radius 2 is 0.506 bits per heavy atom. The van der Waals surface area contributed by atoms with Gasteiger partial charge in [-0.05, 0) is 57.8 Å². The van der Waals surface area contributed by atoms with Crippen LogP contribution in [0.4, 0.5) is 0 Å². The van der Waals surface area contributed by atoms with Crippen LogP contribution in [-0.4, -0.2) is 37.2 Å². The molecule has 1 atom stereocenters. The molecule has 0 aromatic carbocycles. The molecule has 0 bridgehead atoms. The topological polar surface area (TPSA) is 78.9 Å². The summed E-state index contributed by atoms with van der Waals surface area (Å²) in [6, 6.07) is 0. The Morgan fingerprint density at radius 3 is 0.792 bits per heavy atom. The van der Waals surface area contributed by atoms with Crippen molar-refractivity contribution in [2.24, 2.45) is 0 Å². The first-order valence-electron chi connectivity index (χ1n) is 34.1. The van der Waals surface area contributed by atoms with Gasteiger partial charge in [0.1, 0.15) is 13.2 Å². The van der Waals surface area contributed by atoms with Crippen molar-refractivity contribution < 1.29 is 28.6 Å². The number of esters is 3. The molecule has 0 spiro atoms. The summed E-state index contributed by atoms with van der Waals surface area (Å²) in [5.41, 5.74) is 0. The third-order valence-electron chi connectivity index (χ3n) is 15.3. The lowest BCUT2D eigenvalue weighted by Gasteiger charge is -2.18. The van der Waals surface area contributed by atoms with E-state index in [0.717, 1.165) is 103 Å². The quantitative estimate of drug-likeness (QED) is 0.0261. The van der Waals surface area contributed by atoms with Crippen LogP contribution in [0.1, 0.15) is 367 Å². The van der Waals surface area contributed by atoms with Gasteiger partial charge < -0.3 is 14.2 Å². The molecule has 0 saturated heterocycles. The number of unbranched alkanes of at least 4 members (excludes halogenated alkanes) is 44. The Bertz CT molecular complexity index is 1330. The molecule has 0 rings (SSSR count). The third kappa shape index (κ3) is 64.1. The number of rotatable bonds is 63. The van der Waals surface area contributed by atoms with Crippen molar-refractivity contribution in [2.75, 3.05) is 13.2 Å². The summed E-state index contributed by atoms with van der Waals surface area (Å²) in [5.74, 6) is -0.887. The van der Waals surface area contributed by atoms with Gasteiger partial charge in [0.05, 0.1) is 0 Å². The Labute approximate surface area is 479 Å². The SMILES string of the molecule is CC/C=C\C/C=C\C/C=C\C/C=C\CCCCCCCCC(=O)OC(COC(=O)CCCCCCC)COC(=O)CCCCCCCCCCCCCCCCCCCCCCCCCCCCCCCCCCCCC. The van der Waals surface area contributed by atoms with Crippen molar-refractivity contribution in [1.29, 1.82) is 0 Å². The highest BCUT2D eigenvalue weighted by Crippen LogP contribution is 2.19. The Kier molecular flexibility index (Phi) is 63.6. The third-order valence-corrected chi connectivity index (χ3v) is 15.3. The van der Waals surface area contributed by atoms with Crippen molar-refractivity contribution in [3.05, 3.63) is 48.6 Å². The van der Waals surface area contributed by atoms with E-state index in [1.54, 1.807) is 0 Å². The van der Waals surface area contributed by atoms with Crippen molar-refractivity contribution in [2.45, 2.75) is 374 Å². The van der Waals surface area contributed by atoms with Crippen LogP contribution in [-0.2, 0) is 28.6 Å². The van der Waals surface area contributed by atoms with Gasteiger partial charge in [-0.3, -0.25) is 14.4 Å². The fourth-order valence-corrected chi connectivity index (χ4v) is 10.3. The van der Waals surface area contributed by atoms with Gasteiger partial charge in [0, 0.05) is 19.3 Å². The van der Waals surface area contributed by atoms with E-state index in [1.807, 2.05) is 0 Å². The molecule has 0 fully saturated rings. The maximum atomic E-state index is 12.8. The molecule has 0 radical (unpaired) electrons. The molecule has 6 nitrogen and oxygen atoms in total. The predicted molar refractivity (Wildman–Crippen MR) is 335 cm³/mol. The molecule has 0 aliphatic carbocycles. The first kappa shape index (κ1) is 74.4. The Balaban J connectivity index is 3.87. The minimum atomic E-state index is -0.776. The fraction of sp³-hybridized carbons (Fsp3) is 0.845. The number of ether oxygens (including phenoxy) is 3. The van der Waals surface area contributed by atoms with Crippen LogP contribution < -0.4 is 0 Å². The van der Waals surface area contributed by atoms with E-state index < -0.39 is 6.10 Å². The molecule has 0 aliphatic heterocycles. The summed E-state index contributed by atoms with van der Waals surface area (Å²) < 4.78 is 16.8. The number of hydrogen-bond donors (Lipinski definition) is 0. The van der Waals surface area contributed by atoms with E-state index in [2.05, 4.69) is 69.4 Å². The summed E-state index contributed by atoms with van der Waals surface area (Å²) in [6.45, 7) is 6.48. The molecule has 6 heteroatoms. The number of carbonyl (C=O) groups excluding carboxylic acids is 3. The van der Waals surface area contributed by atoms with Crippen molar-refractivity contribution in [3.8, 4) is 0 Å². The highest BCUT2D eigenvalue weighted by atomic mass is 16.6. The summed E-state index contributed by atoms with van der Waals surface area (Å²) in [7, 11) is 0. The highest BCUT2D eigenvalue weighted by molar-refractivity contribution is 5.71. The number of allylic oxidation sites excluding steroid dienone is 8. The predicted octanol–water partition coefficient (Wildman–Crippen LogP) is 23.3. The molecule has 0 saturated carbocycles. The van der Waals surface area contributed by atoms with E-state index in [-0.39, 0.29) is 31.1 Å². The second kappa shape index (κ2) is 65.9. The number of carbonyl (C=O) groups is 3. The lowest BCUT2D eigenvalue weighted by Crippen LogP contribution is -2.30. The summed E-state index contributed by atoms with van der Waals surface area (Å²) in [5, 5.41) is 0. The molecule has 0 heterocycles. The smallest absolute Gasteiger partial charge is 0.306 e. The van der Waals surface area contributed by atoms with E-state index in [4.69, 9.17) is 14.2 Å². The van der Waals surface area contributed by atoms with Gasteiger partial charge in [0.15, 0.2) is 6.10 Å². The standard InChI is InChI=1S/C71H130O6/c1-4-7-10-13-15-17-19-21-23-25-27-28-29-30-31-32-33-34-35-36-37-38-39-40-41-42-44-45-47-49-51-53-55-58-61-64-70(73)76-67-68(66-75-69(72)63-60-57-12-9-6-3)77-71(74)65-62-59-56-54-52-50-48-46-43-26-24-22-20-18-16-14-11-8-5-2/h8,11,16,18,22,24,43,46,68H,4-7,9-10,12-15,17,19-21,23,25-42,44-45,47-67H2,1-3H3/b11-8-,18-16-,24-22-,46-43-. The van der Waals surface area contributed by atoms with Crippen LogP contribution in [0.25, 0.3) is 0 Å². The molecular weight excluding hydrogens is 949 g/mol.